The first kappa shape index (κ1) is 65.5. The first-order valence-corrected chi connectivity index (χ1v) is 37.3. The summed E-state index contributed by atoms with van der Waals surface area (Å²) in [5.41, 5.74) is 22.0. The molecular weight excluding hydrogens is 1250 g/mol. The number of phenolic OH excluding ortho intramolecular Hbond substituents is 3. The Morgan fingerprint density at radius 1 is 0.870 bits per heavy atom. The zero-order chi connectivity index (χ0) is 68.0. The number of phenols is 3. The van der Waals surface area contributed by atoms with Gasteiger partial charge >= 0.3 is 0 Å². The molecule has 2 saturated heterocycles. The molecule has 19 rings (SSSR count). The minimum absolute atomic E-state index is 0.0297. The number of aryl methyl sites for hydroxylation is 2. The lowest BCUT2D eigenvalue weighted by atomic mass is 9.39. The van der Waals surface area contributed by atoms with E-state index < -0.39 is 18.3 Å². The molecule has 14 atom stereocenters. The number of hydrogen-bond acceptors (Lipinski definition) is 13. The standard InChI is InChI=1S/C84H96N6O10/c1-96-31-7-30-86-82(85)87-42-57-35-53-18-15-48(13-14-49-17-27-70(93)56(32-49)33-50-8-5-12-64(92)34-50)16-24-65-67-26-28-74(97-2)88-80(67)89-81-75(65)77(57)100-73(53)41-71(94)52-21-25-66-68(39-52)59(45-91)40-72(95)78(66)98-46-60-38-63(37-58-43-90(81)44-69(58)60)84-62-23-19-51-9-6-10-54(76(51)84)36-55-20-22-61-11-3-4-29-83(61,79(55)84)99-47-62/h5-6,8-10,12,17,21,25,27,32,34-35,37-38,40,43-44,48,52-53,55,61-62,71,73-74,77,79-80,88-89,91-95H,3-4,7,11,13-15,18-20,22-23,26,28-31,33,36,39,41-42,45-47H2,1-2H3,(H3,85,86,87)/t48-,52+,53-,55+,61+,62+,71+,73-,74-,77-,79-,80?,83-,84+/m1/s1. The van der Waals surface area contributed by atoms with Gasteiger partial charge in [-0.3, -0.25) is 5.32 Å². The first-order chi connectivity index (χ1) is 48.9. The second kappa shape index (κ2) is 26.8. The molecule has 6 aliphatic carbocycles. The lowest BCUT2D eigenvalue weighted by Crippen LogP contribution is -2.70. The number of piperidine rings is 1. The van der Waals surface area contributed by atoms with Crippen LogP contribution in [0.2, 0.25) is 0 Å². The fourth-order valence-corrected chi connectivity index (χ4v) is 20.9. The van der Waals surface area contributed by atoms with E-state index in [9.17, 15) is 25.5 Å². The molecule has 1 spiro atoms. The third-order valence-corrected chi connectivity index (χ3v) is 25.4. The highest BCUT2D eigenvalue weighted by molar-refractivity contribution is 5.89. The molecule has 2 saturated carbocycles. The van der Waals surface area contributed by atoms with Crippen LogP contribution < -0.4 is 26.4 Å². The minimum atomic E-state index is -0.865. The smallest absolute Gasteiger partial charge is 0.188 e. The maximum Gasteiger partial charge on any atom is 0.188 e. The number of aromatic hydroxyl groups is 3. The van der Waals surface area contributed by atoms with E-state index in [1.165, 1.54) is 48.8 Å². The molecule has 4 fully saturated rings. The van der Waals surface area contributed by atoms with Crippen molar-refractivity contribution in [2.75, 3.05) is 40.5 Å². The number of nitrogens with zero attached hydrogens (tertiary/aromatic N) is 2. The number of ether oxygens (including phenoxy) is 5. The quantitative estimate of drug-likeness (QED) is 0.0163. The number of rotatable bonds is 14. The largest absolute Gasteiger partial charge is 0.508 e. The van der Waals surface area contributed by atoms with Crippen molar-refractivity contribution in [3.05, 3.63) is 187 Å². The number of nitrogens with two attached hydrogens (primary N) is 1. The van der Waals surface area contributed by atoms with Gasteiger partial charge in [-0.05, 0) is 211 Å². The lowest BCUT2D eigenvalue weighted by molar-refractivity contribution is -0.247. The van der Waals surface area contributed by atoms with E-state index in [4.69, 9.17) is 34.4 Å². The fourth-order valence-electron chi connectivity index (χ4n) is 20.9. The number of guanidine groups is 1. The third-order valence-electron chi connectivity index (χ3n) is 25.4. The molecule has 5 aromatic carbocycles. The van der Waals surface area contributed by atoms with Gasteiger partial charge in [-0.25, -0.2) is 4.99 Å². The molecule has 8 heterocycles. The Bertz CT molecular complexity index is 4420. The van der Waals surface area contributed by atoms with Crippen LogP contribution in [0.15, 0.2) is 131 Å². The zero-order valence-electron chi connectivity index (χ0n) is 57.7. The number of aliphatic hydroxyl groups is 2. The molecule has 0 amide bonds. The van der Waals surface area contributed by atoms with Crippen LogP contribution in [-0.2, 0) is 69.7 Å². The van der Waals surface area contributed by atoms with Crippen LogP contribution in [0.3, 0.4) is 0 Å². The molecule has 1 aromatic heterocycles. The molecule has 6 aromatic rings. The van der Waals surface area contributed by atoms with Gasteiger partial charge in [0.05, 0.1) is 37.6 Å². The molecule has 10 bridgehead atoms. The summed E-state index contributed by atoms with van der Waals surface area (Å²) < 4.78 is 36.6. The molecule has 16 nitrogen and oxygen atoms in total. The summed E-state index contributed by atoms with van der Waals surface area (Å²) in [5.74, 6) is 10.8. The fraction of sp³-hybridized carbons (Fsp3) is 0.488. The highest BCUT2D eigenvalue weighted by Crippen LogP contribution is 2.69. The van der Waals surface area contributed by atoms with Gasteiger partial charge in [0, 0.05) is 109 Å². The van der Waals surface area contributed by atoms with Crippen LogP contribution in [-0.4, -0.2) is 113 Å². The van der Waals surface area contributed by atoms with Crippen LogP contribution >= 0.6 is 0 Å². The van der Waals surface area contributed by atoms with Gasteiger partial charge in [-0.2, -0.15) is 0 Å². The van der Waals surface area contributed by atoms with Crippen LogP contribution in [0.4, 0.5) is 0 Å². The minimum Gasteiger partial charge on any atom is -0.508 e. The van der Waals surface area contributed by atoms with Crippen molar-refractivity contribution in [2.24, 2.45) is 52.2 Å². The topological polar surface area (TPSA) is 227 Å². The molecule has 0 radical (unpaired) electrons. The number of aromatic nitrogens is 1. The highest BCUT2D eigenvalue weighted by atomic mass is 16.5. The number of fused-ring (bicyclic) bond motifs is 6. The van der Waals surface area contributed by atoms with E-state index >= 15 is 0 Å². The third kappa shape index (κ3) is 11.5. The maximum atomic E-state index is 13.0. The van der Waals surface area contributed by atoms with Gasteiger partial charge in [-0.1, -0.05) is 91.4 Å². The molecule has 7 aliphatic heterocycles. The summed E-state index contributed by atoms with van der Waals surface area (Å²) in [7, 11) is 3.47. The highest BCUT2D eigenvalue weighted by Gasteiger charge is 2.69. The number of aliphatic imine (C=N–C) groups is 1. The van der Waals surface area contributed by atoms with E-state index in [0.717, 1.165) is 130 Å². The van der Waals surface area contributed by atoms with Crippen molar-refractivity contribution in [3.63, 3.8) is 0 Å². The average molecular weight is 1350 g/mol. The van der Waals surface area contributed by atoms with Gasteiger partial charge in [0.15, 0.2) is 17.5 Å². The van der Waals surface area contributed by atoms with Crippen molar-refractivity contribution in [1.82, 2.24) is 20.5 Å². The molecule has 16 heteroatoms. The Morgan fingerprint density at radius 2 is 1.77 bits per heavy atom. The van der Waals surface area contributed by atoms with Gasteiger partial charge in [-0.15, -0.1) is 0 Å². The van der Waals surface area contributed by atoms with E-state index in [-0.39, 0.29) is 84.1 Å². The molecular formula is C84H96N6O10. The predicted molar refractivity (Wildman–Crippen MR) is 386 cm³/mol. The van der Waals surface area contributed by atoms with Gasteiger partial charge in [0.25, 0.3) is 0 Å². The second-order valence-electron chi connectivity index (χ2n) is 30.8. The van der Waals surface area contributed by atoms with Crippen molar-refractivity contribution in [3.8, 4) is 34.8 Å². The van der Waals surface area contributed by atoms with Crippen LogP contribution in [0, 0.1) is 53.3 Å². The zero-order valence-corrected chi connectivity index (χ0v) is 57.7. The molecule has 100 heavy (non-hydrogen) atoms. The predicted octanol–water partition coefficient (Wildman–Crippen LogP) is 11.8. The SMILES string of the molecule is COCCCNC(N)=NCC1=C[C@H]2CC[C@@H](CCc3ccc(O)c(Cc4cccc(O)c4)c3)C#CC3=C4CC[C@@H](OC)NC4NC4=C3[C@@H]1O[C@@H]2C[C@H](O)[C@H]1C=Cc2c(c(CO)cc(O)c2OCc2cc([C@]35c6c7cccc6C[C@@H]6CC[C@@H]8CCCC[C@]8(OC[C@@H]3CC7)[C@@H]65)cc3cn4cc23)C1. The number of hydrogen-bond donors (Lipinski definition) is 9. The van der Waals surface area contributed by atoms with Crippen molar-refractivity contribution < 1.29 is 49.2 Å². The Labute approximate surface area is 586 Å². The number of dihydropyridines is 1. The van der Waals surface area contributed by atoms with E-state index in [0.29, 0.717) is 86.7 Å². The van der Waals surface area contributed by atoms with Gasteiger partial charge < -0.3 is 70.2 Å². The van der Waals surface area contributed by atoms with Crippen molar-refractivity contribution >= 4 is 28.6 Å². The number of nitrogens with one attached hydrogen (secondary N) is 3. The first-order valence-electron chi connectivity index (χ1n) is 37.3. The summed E-state index contributed by atoms with van der Waals surface area (Å²) in [6, 6.07) is 27.0. The van der Waals surface area contributed by atoms with Gasteiger partial charge in [0.1, 0.15) is 42.4 Å². The number of aliphatic hydroxyl groups excluding tert-OH is 2. The van der Waals surface area contributed by atoms with Crippen LogP contribution in [0.5, 0.6) is 23.0 Å². The Morgan fingerprint density at radius 3 is 2.65 bits per heavy atom. The van der Waals surface area contributed by atoms with E-state index in [1.54, 1.807) is 44.0 Å². The summed E-state index contributed by atoms with van der Waals surface area (Å²) in [5, 5.41) is 71.3. The Hall–Kier alpha value is -7.85. The normalized spacial score (nSPS) is 30.8. The second-order valence-corrected chi connectivity index (χ2v) is 30.8. The van der Waals surface area contributed by atoms with Crippen LogP contribution in [0.25, 0.3) is 22.7 Å². The average Bonchev–Trinajstić information content (AvgIpc) is 0.720. The van der Waals surface area contributed by atoms with Crippen molar-refractivity contribution in [1.29, 1.82) is 0 Å². The molecule has 13 aliphatic rings. The molecule has 522 valence electrons. The van der Waals surface area contributed by atoms with E-state index in [2.05, 4.69) is 93.3 Å². The summed E-state index contributed by atoms with van der Waals surface area (Å²) in [6.07, 6.45) is 25.0. The number of methoxy groups -OCH3 is 2. The Kier molecular flexibility index (Phi) is 17.6. The van der Waals surface area contributed by atoms with E-state index in [1.807, 2.05) is 24.3 Å². The van der Waals surface area contributed by atoms with Crippen molar-refractivity contribution in [2.45, 2.75) is 177 Å². The maximum absolute atomic E-state index is 13.0. The Balaban J connectivity index is 0.882. The summed E-state index contributed by atoms with van der Waals surface area (Å²) in [6.45, 7) is 2.02. The lowest BCUT2D eigenvalue weighted by Gasteiger charge is -2.69. The summed E-state index contributed by atoms with van der Waals surface area (Å²) in [4.78, 5) is 5.12. The number of benzene rings is 5. The molecule has 1 unspecified atom stereocenters. The molecule has 10 N–H and O–H groups in total. The monoisotopic (exact) mass is 1350 g/mol. The summed E-state index contributed by atoms with van der Waals surface area (Å²) >= 11 is 0. The van der Waals surface area contributed by atoms with Gasteiger partial charge in [0.2, 0.25) is 0 Å². The van der Waals surface area contributed by atoms with Crippen LogP contribution in [0.1, 0.15) is 151 Å².